The number of anilines is 3. The molecular formula is C20H23N7O. The van der Waals surface area contributed by atoms with Crippen molar-refractivity contribution >= 4 is 36.1 Å². The van der Waals surface area contributed by atoms with Crippen LogP contribution < -0.4 is 15.4 Å². The second-order valence-corrected chi connectivity index (χ2v) is 6.04. The lowest BCUT2D eigenvalue weighted by atomic mass is 10.1. The van der Waals surface area contributed by atoms with Crippen molar-refractivity contribution in [3.05, 3.63) is 41.7 Å². The highest BCUT2D eigenvalue weighted by Gasteiger charge is 2.13. The van der Waals surface area contributed by atoms with Crippen molar-refractivity contribution in [1.82, 2.24) is 15.0 Å². The first-order chi connectivity index (χ1) is 13.6. The molecule has 1 aromatic carbocycles. The number of aryl methyl sites for hydroxylation is 1. The maximum Gasteiger partial charge on any atom is 0.229 e. The van der Waals surface area contributed by atoms with Crippen molar-refractivity contribution in [2.24, 2.45) is 9.98 Å². The average Bonchev–Trinajstić information content (AvgIpc) is 3.10. The molecule has 0 amide bonds. The van der Waals surface area contributed by atoms with Gasteiger partial charge in [-0.2, -0.15) is 4.98 Å². The van der Waals surface area contributed by atoms with Crippen LogP contribution in [0.2, 0.25) is 0 Å². The molecule has 0 saturated heterocycles. The van der Waals surface area contributed by atoms with Gasteiger partial charge in [-0.25, -0.2) is 4.98 Å². The first-order valence-corrected chi connectivity index (χ1v) is 8.68. The number of ether oxygens (including phenoxy) is 1. The van der Waals surface area contributed by atoms with E-state index in [0.717, 1.165) is 45.6 Å². The van der Waals surface area contributed by atoms with Gasteiger partial charge in [0.15, 0.2) is 0 Å². The molecule has 0 aliphatic heterocycles. The van der Waals surface area contributed by atoms with E-state index in [2.05, 4.69) is 42.3 Å². The van der Waals surface area contributed by atoms with E-state index in [1.54, 1.807) is 20.4 Å². The van der Waals surface area contributed by atoms with Gasteiger partial charge in [-0.05, 0) is 37.9 Å². The van der Waals surface area contributed by atoms with Gasteiger partial charge in [0.05, 0.1) is 24.2 Å². The van der Waals surface area contributed by atoms with Crippen LogP contribution in [0.4, 0.5) is 23.1 Å². The third kappa shape index (κ3) is 4.01. The van der Waals surface area contributed by atoms with E-state index >= 15 is 0 Å². The van der Waals surface area contributed by atoms with Gasteiger partial charge in [0.25, 0.3) is 0 Å². The lowest BCUT2D eigenvalue weighted by Gasteiger charge is -2.12. The van der Waals surface area contributed by atoms with E-state index in [-0.39, 0.29) is 0 Å². The first-order valence-electron chi connectivity index (χ1n) is 8.68. The molecule has 3 N–H and O–H groups in total. The van der Waals surface area contributed by atoms with E-state index < -0.39 is 0 Å². The van der Waals surface area contributed by atoms with Crippen LogP contribution in [-0.4, -0.2) is 49.1 Å². The SMILES string of the molecule is C=Nc1cc(-c2cc(Nc3nc(C)cc(NC)n3)ccc2OC)[nH]c1C=NC. The van der Waals surface area contributed by atoms with Gasteiger partial charge in [-0.3, -0.25) is 9.98 Å². The van der Waals surface area contributed by atoms with Crippen LogP contribution >= 0.6 is 0 Å². The summed E-state index contributed by atoms with van der Waals surface area (Å²) in [5.41, 5.74) is 4.92. The summed E-state index contributed by atoms with van der Waals surface area (Å²) < 4.78 is 5.53. The molecule has 0 spiro atoms. The third-order valence-corrected chi connectivity index (χ3v) is 4.11. The summed E-state index contributed by atoms with van der Waals surface area (Å²) in [4.78, 5) is 20.3. The quantitative estimate of drug-likeness (QED) is 0.541. The topological polar surface area (TPSA) is 99.6 Å². The molecule has 0 fully saturated rings. The van der Waals surface area contributed by atoms with Crippen molar-refractivity contribution in [3.63, 3.8) is 0 Å². The number of nitrogens with zero attached hydrogens (tertiary/aromatic N) is 4. The Hall–Kier alpha value is -3.68. The van der Waals surface area contributed by atoms with Crippen LogP contribution in [0.1, 0.15) is 11.4 Å². The largest absolute Gasteiger partial charge is 0.496 e. The Morgan fingerprint density at radius 1 is 1.21 bits per heavy atom. The Morgan fingerprint density at radius 2 is 2.04 bits per heavy atom. The molecular weight excluding hydrogens is 354 g/mol. The zero-order valence-corrected chi connectivity index (χ0v) is 16.4. The second kappa shape index (κ2) is 8.34. The van der Waals surface area contributed by atoms with Crippen molar-refractivity contribution in [1.29, 1.82) is 0 Å². The van der Waals surface area contributed by atoms with Gasteiger partial charge in [0.2, 0.25) is 5.95 Å². The van der Waals surface area contributed by atoms with E-state index in [1.807, 2.05) is 44.3 Å². The summed E-state index contributed by atoms with van der Waals surface area (Å²) in [5.74, 6) is 1.99. The minimum atomic E-state index is 0.513. The van der Waals surface area contributed by atoms with Gasteiger partial charge in [0, 0.05) is 43.3 Å². The van der Waals surface area contributed by atoms with Crippen LogP contribution in [0, 0.1) is 6.92 Å². The normalized spacial score (nSPS) is 10.9. The molecule has 2 aromatic heterocycles. The average molecular weight is 377 g/mol. The summed E-state index contributed by atoms with van der Waals surface area (Å²) in [6.07, 6.45) is 1.71. The second-order valence-electron chi connectivity index (χ2n) is 6.04. The first kappa shape index (κ1) is 19.1. The van der Waals surface area contributed by atoms with Crippen LogP contribution in [-0.2, 0) is 0 Å². The number of benzene rings is 1. The molecule has 0 radical (unpaired) electrons. The highest BCUT2D eigenvalue weighted by atomic mass is 16.5. The molecule has 3 rings (SSSR count). The summed E-state index contributed by atoms with van der Waals surface area (Å²) in [7, 11) is 5.17. The zero-order valence-electron chi connectivity index (χ0n) is 16.4. The molecule has 2 heterocycles. The molecule has 3 aromatic rings. The predicted molar refractivity (Wildman–Crippen MR) is 115 cm³/mol. The summed E-state index contributed by atoms with van der Waals surface area (Å²) in [5, 5.41) is 6.28. The van der Waals surface area contributed by atoms with Crippen LogP contribution in [0.3, 0.4) is 0 Å². The highest BCUT2D eigenvalue weighted by molar-refractivity contribution is 5.89. The number of aromatic nitrogens is 3. The lowest BCUT2D eigenvalue weighted by molar-refractivity contribution is 0.416. The van der Waals surface area contributed by atoms with E-state index in [1.165, 1.54) is 0 Å². The number of methoxy groups -OCH3 is 1. The predicted octanol–water partition coefficient (Wildman–Crippen LogP) is 3.95. The molecule has 0 unspecified atom stereocenters. The van der Waals surface area contributed by atoms with Crippen LogP contribution in [0.5, 0.6) is 5.75 Å². The number of aliphatic imine (C=N–C) groups is 2. The van der Waals surface area contributed by atoms with Crippen LogP contribution in [0.25, 0.3) is 11.3 Å². The number of H-pyrrole nitrogens is 1. The fourth-order valence-electron chi connectivity index (χ4n) is 2.84. The molecule has 0 saturated carbocycles. The van der Waals surface area contributed by atoms with Crippen molar-refractivity contribution in [2.45, 2.75) is 6.92 Å². The smallest absolute Gasteiger partial charge is 0.229 e. The Balaban J connectivity index is 2.01. The monoisotopic (exact) mass is 377 g/mol. The maximum atomic E-state index is 5.53. The Bertz CT molecular complexity index is 1020. The number of hydrogen-bond donors (Lipinski definition) is 3. The Morgan fingerprint density at radius 3 is 2.71 bits per heavy atom. The minimum Gasteiger partial charge on any atom is -0.496 e. The van der Waals surface area contributed by atoms with Gasteiger partial charge >= 0.3 is 0 Å². The number of rotatable bonds is 7. The van der Waals surface area contributed by atoms with Crippen molar-refractivity contribution < 1.29 is 4.74 Å². The zero-order chi connectivity index (χ0) is 20.1. The minimum absolute atomic E-state index is 0.513. The van der Waals surface area contributed by atoms with Crippen molar-refractivity contribution in [2.75, 3.05) is 31.8 Å². The number of aromatic amines is 1. The Labute approximate surface area is 163 Å². The fraction of sp³-hybridized carbons (Fsp3) is 0.200. The lowest BCUT2D eigenvalue weighted by Crippen LogP contribution is -2.02. The standard InChI is InChI=1S/C20H23N7O/c1-12-8-19(23-4)27-20(24-12)25-13-6-7-18(28-5)14(9-13)15-10-16(22-3)17(26-15)11-21-2/h6-11,26H,3H2,1-2,4-5H3,(H2,23,24,25,27). The molecule has 0 atom stereocenters. The van der Waals surface area contributed by atoms with Gasteiger partial charge in [-0.15, -0.1) is 0 Å². The summed E-state index contributed by atoms with van der Waals surface area (Å²) in [6, 6.07) is 9.56. The molecule has 28 heavy (non-hydrogen) atoms. The Kier molecular flexibility index (Phi) is 5.69. The summed E-state index contributed by atoms with van der Waals surface area (Å²) >= 11 is 0. The number of nitrogens with one attached hydrogen (secondary N) is 3. The maximum absolute atomic E-state index is 5.53. The summed E-state index contributed by atoms with van der Waals surface area (Å²) in [6.45, 7) is 5.55. The van der Waals surface area contributed by atoms with E-state index in [9.17, 15) is 0 Å². The van der Waals surface area contributed by atoms with Gasteiger partial charge < -0.3 is 20.4 Å². The molecule has 8 heteroatoms. The molecule has 0 aliphatic rings. The third-order valence-electron chi connectivity index (χ3n) is 4.11. The van der Waals surface area contributed by atoms with Crippen LogP contribution in [0.15, 0.2) is 40.3 Å². The van der Waals surface area contributed by atoms with Crippen molar-refractivity contribution in [3.8, 4) is 17.0 Å². The molecule has 0 aliphatic carbocycles. The van der Waals surface area contributed by atoms with Gasteiger partial charge in [-0.1, -0.05) is 0 Å². The highest BCUT2D eigenvalue weighted by Crippen LogP contribution is 2.35. The molecule has 144 valence electrons. The molecule has 8 nitrogen and oxygen atoms in total. The van der Waals surface area contributed by atoms with Gasteiger partial charge in [0.1, 0.15) is 11.6 Å². The van der Waals surface area contributed by atoms with E-state index in [0.29, 0.717) is 5.95 Å². The van der Waals surface area contributed by atoms with E-state index in [4.69, 9.17) is 4.74 Å². The number of hydrogen-bond acceptors (Lipinski definition) is 7. The molecule has 0 bridgehead atoms. The fourth-order valence-corrected chi connectivity index (χ4v) is 2.84.